The fourth-order valence-electron chi connectivity index (χ4n) is 2.70. The van der Waals surface area contributed by atoms with E-state index in [2.05, 4.69) is 10.1 Å². The maximum atomic E-state index is 11.9. The molecule has 0 aliphatic carbocycles. The SMILES string of the molecule is CC(=O)N[C@H]1CON(C2(C(=O)[O-])CCC(=O)O2)C1=O.[Na+].c1cc2ccc1o2. The van der Waals surface area contributed by atoms with Crippen molar-refractivity contribution in [1.29, 1.82) is 0 Å². The van der Waals surface area contributed by atoms with Crippen LogP contribution in [0.15, 0.2) is 28.7 Å². The van der Waals surface area contributed by atoms with Crippen LogP contribution in [0.3, 0.4) is 0 Å². The van der Waals surface area contributed by atoms with Gasteiger partial charge in [0.05, 0.1) is 6.42 Å². The third-order valence-corrected chi connectivity index (χ3v) is 3.90. The third kappa shape index (κ3) is 4.24. The minimum atomic E-state index is -2.25. The summed E-state index contributed by atoms with van der Waals surface area (Å²) in [6.45, 7) is 0.977. The summed E-state index contributed by atoms with van der Waals surface area (Å²) in [4.78, 5) is 50.1. The third-order valence-electron chi connectivity index (χ3n) is 3.90. The molecular weight excluding hydrogens is 371 g/mol. The second-order valence-corrected chi connectivity index (χ2v) is 5.80. The van der Waals surface area contributed by atoms with E-state index in [4.69, 9.17) is 9.25 Å². The molecule has 2 atom stereocenters. The number of hydrogen-bond acceptors (Lipinski definition) is 8. The van der Waals surface area contributed by atoms with Crippen molar-refractivity contribution >= 4 is 34.9 Å². The number of amides is 2. The van der Waals surface area contributed by atoms with E-state index in [1.54, 1.807) is 0 Å². The zero-order valence-corrected chi connectivity index (χ0v) is 16.7. The molecule has 2 fully saturated rings. The van der Waals surface area contributed by atoms with E-state index in [0.717, 1.165) is 11.2 Å². The van der Waals surface area contributed by atoms with Gasteiger partial charge in [0.15, 0.2) is 0 Å². The van der Waals surface area contributed by atoms with Crippen LogP contribution in [0.4, 0.5) is 0 Å². The monoisotopic (exact) mass is 386 g/mol. The molecule has 2 aromatic rings. The van der Waals surface area contributed by atoms with E-state index in [0.29, 0.717) is 5.06 Å². The molecule has 2 aromatic heterocycles. The van der Waals surface area contributed by atoms with Gasteiger partial charge in [-0.1, -0.05) is 0 Å². The standard InChI is InChI=1S/C10H12N2O7.C6H4O.Na/c1-5(13)11-6-4-18-12(8(6)15)10(9(16)17)3-2-7(14)19-10;1-2-6-4-3-5(1)7-6;/h6H,2-4H2,1H3,(H,11,13)(H,16,17);1-4H;/q;;+1/p-1/t6-,10?;;/m0../s1. The van der Waals surface area contributed by atoms with Crippen LogP contribution in [0.1, 0.15) is 19.8 Å². The number of nitrogens with one attached hydrogen (secondary N) is 1. The molecule has 2 amide bonds. The van der Waals surface area contributed by atoms with Crippen LogP contribution in [0, 0.1) is 0 Å². The first-order valence-corrected chi connectivity index (χ1v) is 7.77. The van der Waals surface area contributed by atoms with Gasteiger partial charge in [-0.05, 0) is 24.3 Å². The van der Waals surface area contributed by atoms with Crippen LogP contribution >= 0.6 is 0 Å². The Morgan fingerprint density at radius 3 is 2.19 bits per heavy atom. The molecule has 4 rings (SSSR count). The van der Waals surface area contributed by atoms with Gasteiger partial charge >= 0.3 is 35.5 Å². The van der Waals surface area contributed by atoms with E-state index in [1.807, 2.05) is 24.3 Å². The molecule has 27 heavy (non-hydrogen) atoms. The van der Waals surface area contributed by atoms with Crippen LogP contribution in [0.5, 0.6) is 0 Å². The minimum absolute atomic E-state index is 0. The number of fused-ring (bicyclic) bond motifs is 2. The molecule has 10 nitrogen and oxygen atoms in total. The Bertz CT molecular complexity index is 807. The average Bonchev–Trinajstić information content (AvgIpc) is 3.35. The van der Waals surface area contributed by atoms with E-state index in [-0.39, 0.29) is 49.0 Å². The Morgan fingerprint density at radius 2 is 1.81 bits per heavy atom. The summed E-state index contributed by atoms with van der Waals surface area (Å²) in [6.07, 6.45) is -0.418. The number of ether oxygens (including phenoxy) is 1. The van der Waals surface area contributed by atoms with Crippen LogP contribution in [-0.4, -0.2) is 47.2 Å². The van der Waals surface area contributed by atoms with Crippen molar-refractivity contribution in [2.45, 2.75) is 31.5 Å². The molecule has 11 heteroatoms. The number of aliphatic carboxylic acids is 1. The minimum Gasteiger partial charge on any atom is -0.544 e. The molecule has 1 N–H and O–H groups in total. The number of esters is 1. The summed E-state index contributed by atoms with van der Waals surface area (Å²) in [5.41, 5.74) is -0.313. The number of hydrogen-bond donors (Lipinski definition) is 1. The Morgan fingerprint density at radius 1 is 1.22 bits per heavy atom. The first kappa shape index (κ1) is 21.2. The van der Waals surface area contributed by atoms with E-state index >= 15 is 0 Å². The first-order chi connectivity index (χ1) is 12.3. The van der Waals surface area contributed by atoms with Gasteiger partial charge in [0.2, 0.25) is 5.91 Å². The van der Waals surface area contributed by atoms with Crippen LogP contribution in [-0.2, 0) is 28.8 Å². The van der Waals surface area contributed by atoms with Crippen LogP contribution < -0.4 is 40.0 Å². The summed E-state index contributed by atoms with van der Waals surface area (Å²) in [6, 6.07) is 6.81. The van der Waals surface area contributed by atoms with Gasteiger partial charge in [0, 0.05) is 13.3 Å². The Hall–Kier alpha value is -2.14. The zero-order chi connectivity index (χ0) is 18.9. The quantitative estimate of drug-likeness (QED) is 0.415. The molecule has 0 aromatic carbocycles. The van der Waals surface area contributed by atoms with Crippen LogP contribution in [0.25, 0.3) is 11.2 Å². The topological polar surface area (TPSA) is 138 Å². The van der Waals surface area contributed by atoms with Gasteiger partial charge in [-0.2, -0.15) is 5.06 Å². The molecule has 4 heterocycles. The number of rotatable bonds is 3. The molecule has 2 aliphatic rings. The molecule has 138 valence electrons. The molecule has 0 spiro atoms. The number of furan rings is 2. The van der Waals surface area contributed by atoms with Gasteiger partial charge in [-0.25, -0.2) is 0 Å². The van der Waals surface area contributed by atoms with Gasteiger partial charge in [-0.15, -0.1) is 0 Å². The van der Waals surface area contributed by atoms with Crippen molar-refractivity contribution < 1.29 is 67.8 Å². The molecule has 2 saturated heterocycles. The maximum absolute atomic E-state index is 11.9. The summed E-state index contributed by atoms with van der Waals surface area (Å²) < 4.78 is 9.77. The molecule has 1 unspecified atom stereocenters. The van der Waals surface area contributed by atoms with Crippen LogP contribution in [0.2, 0.25) is 0 Å². The van der Waals surface area contributed by atoms with Crippen molar-refractivity contribution in [1.82, 2.24) is 10.4 Å². The van der Waals surface area contributed by atoms with Gasteiger partial charge in [0.25, 0.3) is 11.6 Å². The summed E-state index contributed by atoms with van der Waals surface area (Å²) >= 11 is 0. The number of carboxylic acid groups (broad SMARTS) is 1. The van der Waals surface area contributed by atoms with Crippen molar-refractivity contribution in [2.24, 2.45) is 0 Å². The number of carbonyl (C=O) groups is 4. The summed E-state index contributed by atoms with van der Waals surface area (Å²) in [5, 5.41) is 14.0. The Labute approximate surface area is 175 Å². The number of cyclic esters (lactones) is 1. The molecule has 2 bridgehead atoms. The molecule has 2 aliphatic heterocycles. The predicted molar refractivity (Wildman–Crippen MR) is 80.9 cm³/mol. The fourth-order valence-corrected chi connectivity index (χ4v) is 2.70. The van der Waals surface area contributed by atoms with Gasteiger partial charge in [-0.3, -0.25) is 19.2 Å². The van der Waals surface area contributed by atoms with Crippen molar-refractivity contribution in [3.8, 4) is 0 Å². The Kier molecular flexibility index (Phi) is 6.47. The second-order valence-electron chi connectivity index (χ2n) is 5.80. The number of hydroxylamine groups is 2. The molecule has 0 saturated carbocycles. The van der Waals surface area contributed by atoms with E-state index < -0.39 is 35.5 Å². The molecule has 0 radical (unpaired) electrons. The number of benzene rings is 1. The fraction of sp³-hybridized carbons (Fsp3) is 0.375. The normalized spacial score (nSPS) is 24.2. The van der Waals surface area contributed by atoms with E-state index in [9.17, 15) is 24.3 Å². The van der Waals surface area contributed by atoms with E-state index in [1.165, 1.54) is 6.92 Å². The number of carboxylic acids is 1. The zero-order valence-electron chi connectivity index (χ0n) is 14.7. The van der Waals surface area contributed by atoms with Crippen molar-refractivity contribution in [2.75, 3.05) is 6.61 Å². The predicted octanol–water partition coefficient (Wildman–Crippen LogP) is -4.08. The summed E-state index contributed by atoms with van der Waals surface area (Å²) in [7, 11) is 0. The van der Waals surface area contributed by atoms with Gasteiger partial charge in [0.1, 0.15) is 29.8 Å². The van der Waals surface area contributed by atoms with Crippen molar-refractivity contribution in [3.63, 3.8) is 0 Å². The summed E-state index contributed by atoms with van der Waals surface area (Å²) in [5.74, 6) is -3.76. The first-order valence-electron chi connectivity index (χ1n) is 7.77. The van der Waals surface area contributed by atoms with Gasteiger partial charge < -0.3 is 24.4 Å². The smallest absolute Gasteiger partial charge is 0.544 e. The van der Waals surface area contributed by atoms with Crippen molar-refractivity contribution in [3.05, 3.63) is 24.3 Å². The largest absolute Gasteiger partial charge is 1.00 e. The average molecular weight is 386 g/mol. The molecular formula is C16H15N2NaO8. The second kappa shape index (κ2) is 8.26. The Balaban J connectivity index is 0.000000271. The maximum Gasteiger partial charge on any atom is 1.00 e. The number of carbonyl (C=O) groups excluding carboxylic acids is 4. The number of nitrogens with zero attached hydrogens (tertiary/aromatic N) is 1.